The quantitative estimate of drug-likeness (QED) is 0.619. The molecule has 0 saturated carbocycles. The van der Waals surface area contributed by atoms with Gasteiger partial charge in [-0.15, -0.1) is 0 Å². The molecule has 0 fully saturated rings. The maximum absolute atomic E-state index is 13.9. The molecule has 0 N–H and O–H groups in total. The van der Waals surface area contributed by atoms with E-state index in [4.69, 9.17) is 0 Å². The van der Waals surface area contributed by atoms with Gasteiger partial charge in [-0.2, -0.15) is 0 Å². The molecule has 0 aromatic heterocycles. The van der Waals surface area contributed by atoms with Crippen LogP contribution in [-0.2, 0) is 26.5 Å². The number of aryl methyl sites for hydroxylation is 1. The third kappa shape index (κ3) is 3.14. The second kappa shape index (κ2) is 7.40. The zero-order valence-corrected chi connectivity index (χ0v) is 18.2. The van der Waals surface area contributed by atoms with Crippen molar-refractivity contribution in [3.05, 3.63) is 95.6 Å². The lowest BCUT2D eigenvalue weighted by Crippen LogP contribution is -2.50. The lowest BCUT2D eigenvalue weighted by atomic mass is 9.78. The molecule has 0 spiro atoms. The number of sulfone groups is 1. The second-order valence-corrected chi connectivity index (χ2v) is 10.3. The first-order chi connectivity index (χ1) is 14.3. The summed E-state index contributed by atoms with van der Waals surface area (Å²) in [5.41, 5.74) is 2.21. The van der Waals surface area contributed by atoms with Crippen LogP contribution in [0.4, 0.5) is 5.69 Å². The third-order valence-electron chi connectivity index (χ3n) is 6.21. The van der Waals surface area contributed by atoms with Crippen molar-refractivity contribution in [1.29, 1.82) is 0 Å². The molecule has 1 amide bonds. The van der Waals surface area contributed by atoms with Gasteiger partial charge < -0.3 is 4.90 Å². The fourth-order valence-electron chi connectivity index (χ4n) is 4.43. The number of benzene rings is 3. The number of hydrogen-bond acceptors (Lipinski definition) is 3. The van der Waals surface area contributed by atoms with Crippen molar-refractivity contribution in [2.75, 3.05) is 11.9 Å². The molecule has 4 rings (SSSR count). The van der Waals surface area contributed by atoms with E-state index in [9.17, 15) is 13.2 Å². The zero-order valence-electron chi connectivity index (χ0n) is 17.4. The van der Waals surface area contributed by atoms with Crippen LogP contribution >= 0.6 is 0 Å². The minimum atomic E-state index is -3.80. The molecule has 0 bridgehead atoms. The van der Waals surface area contributed by atoms with Gasteiger partial charge in [-0.3, -0.25) is 4.79 Å². The Labute approximate surface area is 178 Å². The van der Waals surface area contributed by atoms with E-state index in [-0.39, 0.29) is 17.2 Å². The van der Waals surface area contributed by atoms with E-state index in [0.29, 0.717) is 0 Å². The average Bonchev–Trinajstić information content (AvgIpc) is 2.95. The van der Waals surface area contributed by atoms with E-state index in [2.05, 4.69) is 0 Å². The SMILES string of the molecule is Cc1ccc(S(=O)(=O)C(Cc2ccccc2)C2(C)C(=O)N(C)c3ccccc32)cc1. The Morgan fingerprint density at radius 3 is 2.17 bits per heavy atom. The normalized spacial score (nSPS) is 19.6. The fourth-order valence-corrected chi connectivity index (χ4v) is 6.54. The molecule has 3 aromatic rings. The smallest absolute Gasteiger partial charge is 0.238 e. The van der Waals surface area contributed by atoms with E-state index in [0.717, 1.165) is 22.4 Å². The monoisotopic (exact) mass is 419 g/mol. The number of nitrogens with zero attached hydrogens (tertiary/aromatic N) is 1. The van der Waals surface area contributed by atoms with E-state index in [1.807, 2.05) is 61.5 Å². The molecule has 1 aliphatic rings. The van der Waals surface area contributed by atoms with Gasteiger partial charge in [-0.25, -0.2) is 8.42 Å². The van der Waals surface area contributed by atoms with Gasteiger partial charge in [-0.1, -0.05) is 66.2 Å². The van der Waals surface area contributed by atoms with E-state index in [1.165, 1.54) is 0 Å². The Morgan fingerprint density at radius 1 is 0.900 bits per heavy atom. The first kappa shape index (κ1) is 20.4. The summed E-state index contributed by atoms with van der Waals surface area (Å²) in [4.78, 5) is 15.3. The van der Waals surface area contributed by atoms with E-state index >= 15 is 0 Å². The van der Waals surface area contributed by atoms with Crippen molar-refractivity contribution in [2.45, 2.75) is 35.8 Å². The van der Waals surface area contributed by atoms with Crippen LogP contribution < -0.4 is 4.90 Å². The summed E-state index contributed by atoms with van der Waals surface area (Å²) < 4.78 is 27.9. The molecule has 0 radical (unpaired) electrons. The summed E-state index contributed by atoms with van der Waals surface area (Å²) >= 11 is 0. The van der Waals surface area contributed by atoms with Gasteiger partial charge >= 0.3 is 0 Å². The maximum atomic E-state index is 13.9. The molecule has 30 heavy (non-hydrogen) atoms. The van der Waals surface area contributed by atoms with Crippen LogP contribution in [0.25, 0.3) is 0 Å². The first-order valence-corrected chi connectivity index (χ1v) is 11.5. The van der Waals surface area contributed by atoms with Crippen molar-refractivity contribution in [1.82, 2.24) is 0 Å². The van der Waals surface area contributed by atoms with Crippen LogP contribution in [0.2, 0.25) is 0 Å². The van der Waals surface area contributed by atoms with Crippen LogP contribution in [0.5, 0.6) is 0 Å². The molecule has 154 valence electrons. The van der Waals surface area contributed by atoms with Crippen LogP contribution in [0.3, 0.4) is 0 Å². The first-order valence-electron chi connectivity index (χ1n) is 9.98. The highest BCUT2D eigenvalue weighted by molar-refractivity contribution is 7.92. The highest BCUT2D eigenvalue weighted by Gasteiger charge is 2.55. The van der Waals surface area contributed by atoms with Crippen molar-refractivity contribution < 1.29 is 13.2 Å². The third-order valence-corrected chi connectivity index (χ3v) is 8.52. The largest absolute Gasteiger partial charge is 0.314 e. The highest BCUT2D eigenvalue weighted by Crippen LogP contribution is 2.47. The van der Waals surface area contributed by atoms with Gasteiger partial charge in [0.2, 0.25) is 5.91 Å². The Bertz CT molecular complexity index is 1190. The number of rotatable bonds is 5. The molecule has 0 aliphatic carbocycles. The summed E-state index contributed by atoms with van der Waals surface area (Å²) in [5, 5.41) is -0.936. The molecule has 1 heterocycles. The van der Waals surface area contributed by atoms with Gasteiger partial charge in [0.15, 0.2) is 9.84 Å². The predicted molar refractivity (Wildman–Crippen MR) is 120 cm³/mol. The second-order valence-electron chi connectivity index (χ2n) is 8.12. The number of likely N-dealkylation sites (N-methyl/N-ethyl adjacent to an activating group) is 1. The molecule has 2 unspecified atom stereocenters. The Balaban J connectivity index is 1.92. The lowest BCUT2D eigenvalue weighted by Gasteiger charge is -2.33. The topological polar surface area (TPSA) is 54.5 Å². The van der Waals surface area contributed by atoms with Crippen molar-refractivity contribution in [3.8, 4) is 0 Å². The van der Waals surface area contributed by atoms with Crippen LogP contribution in [-0.4, -0.2) is 26.6 Å². The number of hydrogen-bond donors (Lipinski definition) is 0. The van der Waals surface area contributed by atoms with Crippen molar-refractivity contribution in [2.24, 2.45) is 0 Å². The fraction of sp³-hybridized carbons (Fsp3) is 0.240. The van der Waals surface area contributed by atoms with Gasteiger partial charge in [0.1, 0.15) is 0 Å². The minimum absolute atomic E-state index is 0.194. The molecule has 2 atom stereocenters. The molecule has 5 heteroatoms. The maximum Gasteiger partial charge on any atom is 0.238 e. The molecular formula is C25H25NO3S. The molecule has 0 saturated heterocycles. The molecule has 1 aliphatic heterocycles. The van der Waals surface area contributed by atoms with Crippen molar-refractivity contribution in [3.63, 3.8) is 0 Å². The number of anilines is 1. The van der Waals surface area contributed by atoms with Gasteiger partial charge in [-0.05, 0) is 49.6 Å². The summed E-state index contributed by atoms with van der Waals surface area (Å²) in [7, 11) is -2.09. The molecule has 4 nitrogen and oxygen atoms in total. The summed E-state index contributed by atoms with van der Waals surface area (Å²) in [6.07, 6.45) is 0.251. The van der Waals surface area contributed by atoms with Crippen LogP contribution in [0, 0.1) is 6.92 Å². The van der Waals surface area contributed by atoms with Crippen molar-refractivity contribution >= 4 is 21.4 Å². The Morgan fingerprint density at radius 2 is 1.50 bits per heavy atom. The predicted octanol–water partition coefficient (Wildman–Crippen LogP) is 4.31. The van der Waals surface area contributed by atoms with E-state index < -0.39 is 20.5 Å². The standard InChI is InChI=1S/C25H25NO3S/c1-18-13-15-20(16-14-18)30(28,29)23(17-19-9-5-4-6-10-19)25(2)21-11-7-8-12-22(21)26(3)24(25)27/h4-16,23H,17H2,1-3H3. The van der Waals surface area contributed by atoms with Gasteiger partial charge in [0.05, 0.1) is 15.6 Å². The minimum Gasteiger partial charge on any atom is -0.314 e. The van der Waals surface area contributed by atoms with Crippen LogP contribution in [0.15, 0.2) is 83.8 Å². The average molecular weight is 420 g/mol. The van der Waals surface area contributed by atoms with Gasteiger partial charge in [0.25, 0.3) is 0 Å². The number of amides is 1. The van der Waals surface area contributed by atoms with Crippen LogP contribution in [0.1, 0.15) is 23.6 Å². The Kier molecular flexibility index (Phi) is 5.02. The number of fused-ring (bicyclic) bond motifs is 1. The molecular weight excluding hydrogens is 394 g/mol. The highest BCUT2D eigenvalue weighted by atomic mass is 32.2. The number of para-hydroxylation sites is 1. The van der Waals surface area contributed by atoms with Gasteiger partial charge in [0, 0.05) is 12.7 Å². The zero-order chi connectivity index (χ0) is 21.5. The summed E-state index contributed by atoms with van der Waals surface area (Å²) in [6.45, 7) is 3.70. The molecule has 3 aromatic carbocycles. The number of carbonyl (C=O) groups excluding carboxylic acids is 1. The lowest BCUT2D eigenvalue weighted by molar-refractivity contribution is -0.122. The van der Waals surface area contributed by atoms with E-state index in [1.54, 1.807) is 43.1 Å². The Hall–Kier alpha value is -2.92. The number of carbonyl (C=O) groups is 1. The summed E-state index contributed by atoms with van der Waals surface area (Å²) in [6, 6.07) is 23.9. The summed E-state index contributed by atoms with van der Waals surface area (Å²) in [5.74, 6) is -0.194.